The van der Waals surface area contributed by atoms with Crippen LogP contribution in [0.25, 0.3) is 17.2 Å². The van der Waals surface area contributed by atoms with Crippen molar-refractivity contribution in [3.63, 3.8) is 0 Å². The molecule has 0 atom stereocenters. The fourth-order valence-electron chi connectivity index (χ4n) is 4.47. The molecule has 248 valence electrons. The molecule has 15 nitrogen and oxygen atoms in total. The smallest absolute Gasteiger partial charge is 0.351 e. The van der Waals surface area contributed by atoms with Crippen molar-refractivity contribution in [1.82, 2.24) is 33.9 Å². The largest absolute Gasteiger partial charge is 0.505 e. The molecule has 0 amide bonds. The SMILES string of the molecule is Cc1ccn2nc(S(=O)(=O)Nc3c(F)cccc3F)nc2n1.Cn1nc(C(O)=C2C(=O)CCCC2=O)c(=O)n(-c2ccc(F)cc2)c1=O. The van der Waals surface area contributed by atoms with Crippen molar-refractivity contribution in [3.05, 3.63) is 110 Å². The summed E-state index contributed by atoms with van der Waals surface area (Å²) >= 11 is 0. The Hall–Kier alpha value is -5.98. The molecule has 0 saturated heterocycles. The molecule has 3 aromatic heterocycles. The van der Waals surface area contributed by atoms with Gasteiger partial charge in [0.1, 0.15) is 28.7 Å². The first kappa shape index (κ1) is 33.4. The molecule has 5 aromatic rings. The average Bonchev–Trinajstić information content (AvgIpc) is 3.46. The van der Waals surface area contributed by atoms with Crippen LogP contribution < -0.4 is 16.0 Å². The Balaban J connectivity index is 0.000000190. The standard InChI is InChI=1S/C17H14FN3O5.C12H9F2N5O2S/c1-20-17(26)21(10-7-5-9(18)6-8-10)16(25)14(19-20)15(24)13-11(22)3-2-4-12(13)23;1-7-5-6-19-11(15-7)16-12(17-19)22(20,21)18-10-8(13)3-2-4-9(10)14/h5-8,24H,2-4H2,1H3;2-6,18H,1H3. The van der Waals surface area contributed by atoms with Crippen LogP contribution in [0.2, 0.25) is 0 Å². The second-order valence-electron chi connectivity index (χ2n) is 10.2. The second kappa shape index (κ2) is 13.0. The number of carbonyl (C=O) groups excluding carboxylic acids is 2. The number of benzene rings is 2. The van der Waals surface area contributed by atoms with Crippen molar-refractivity contribution in [2.24, 2.45) is 7.05 Å². The fourth-order valence-corrected chi connectivity index (χ4v) is 5.42. The zero-order valence-corrected chi connectivity index (χ0v) is 25.7. The lowest BCUT2D eigenvalue weighted by Gasteiger charge is -2.14. The van der Waals surface area contributed by atoms with Crippen LogP contribution in [0.1, 0.15) is 30.7 Å². The summed E-state index contributed by atoms with van der Waals surface area (Å²) in [7, 11) is -3.10. The second-order valence-corrected chi connectivity index (χ2v) is 11.8. The Labute approximate surface area is 267 Å². The zero-order valence-electron chi connectivity index (χ0n) is 24.9. The van der Waals surface area contributed by atoms with Gasteiger partial charge in [0.15, 0.2) is 23.0 Å². The molecule has 3 heterocycles. The van der Waals surface area contributed by atoms with Crippen molar-refractivity contribution < 1.29 is 36.3 Å². The number of nitrogens with zero attached hydrogens (tertiary/aromatic N) is 7. The third-order valence-electron chi connectivity index (χ3n) is 6.80. The van der Waals surface area contributed by atoms with Crippen molar-refractivity contribution in [2.75, 3.05) is 4.72 Å². The van der Waals surface area contributed by atoms with E-state index < -0.39 is 78.2 Å². The molecule has 1 fully saturated rings. The number of fused-ring (bicyclic) bond motifs is 1. The number of Topliss-reactive ketones (excluding diaryl/α,β-unsaturated/α-hetero) is 2. The van der Waals surface area contributed by atoms with Crippen LogP contribution in [-0.2, 0) is 26.7 Å². The number of nitrogens with one attached hydrogen (secondary N) is 1. The highest BCUT2D eigenvalue weighted by atomic mass is 32.2. The van der Waals surface area contributed by atoms with Gasteiger partial charge < -0.3 is 5.11 Å². The Kier molecular flexibility index (Phi) is 9.06. The van der Waals surface area contributed by atoms with E-state index in [0.717, 1.165) is 39.5 Å². The van der Waals surface area contributed by atoms with Crippen molar-refractivity contribution in [1.29, 1.82) is 0 Å². The lowest BCUT2D eigenvalue weighted by molar-refractivity contribution is -0.123. The molecule has 1 aliphatic carbocycles. The number of aliphatic hydroxyl groups excluding tert-OH is 1. The van der Waals surface area contributed by atoms with Gasteiger partial charge in [0.2, 0.25) is 0 Å². The van der Waals surface area contributed by atoms with E-state index in [9.17, 15) is 45.9 Å². The number of aromatic nitrogens is 7. The molecule has 6 rings (SSSR count). The van der Waals surface area contributed by atoms with Gasteiger partial charge in [-0.25, -0.2) is 36.7 Å². The van der Waals surface area contributed by atoms with E-state index in [0.29, 0.717) is 16.7 Å². The predicted octanol–water partition coefficient (Wildman–Crippen LogP) is 2.17. The van der Waals surface area contributed by atoms with Gasteiger partial charge in [0, 0.05) is 31.8 Å². The van der Waals surface area contributed by atoms with Crippen LogP contribution in [0.15, 0.2) is 75.0 Å². The molecule has 48 heavy (non-hydrogen) atoms. The van der Waals surface area contributed by atoms with E-state index in [-0.39, 0.29) is 24.3 Å². The average molecular weight is 685 g/mol. The van der Waals surface area contributed by atoms with E-state index in [1.807, 2.05) is 0 Å². The van der Waals surface area contributed by atoms with E-state index in [4.69, 9.17) is 0 Å². The summed E-state index contributed by atoms with van der Waals surface area (Å²) < 4.78 is 68.9. The Morgan fingerprint density at radius 3 is 2.15 bits per heavy atom. The summed E-state index contributed by atoms with van der Waals surface area (Å²) in [5.74, 6) is -4.59. The predicted molar refractivity (Wildman–Crippen MR) is 161 cm³/mol. The monoisotopic (exact) mass is 684 g/mol. The van der Waals surface area contributed by atoms with Gasteiger partial charge in [-0.2, -0.15) is 18.5 Å². The normalized spacial score (nSPS) is 13.3. The maximum Gasteiger partial charge on any atom is 0.351 e. The van der Waals surface area contributed by atoms with E-state index >= 15 is 0 Å². The maximum atomic E-state index is 13.5. The highest BCUT2D eigenvalue weighted by Gasteiger charge is 2.30. The zero-order chi connectivity index (χ0) is 34.9. The number of aliphatic hydroxyl groups is 1. The number of sulfonamides is 1. The van der Waals surface area contributed by atoms with Gasteiger partial charge in [-0.15, -0.1) is 5.10 Å². The summed E-state index contributed by atoms with van der Waals surface area (Å²) in [5, 5.41) is 17.2. The summed E-state index contributed by atoms with van der Waals surface area (Å²) in [6.07, 6.45) is 1.99. The van der Waals surface area contributed by atoms with Gasteiger partial charge in [-0.05, 0) is 55.8 Å². The highest BCUT2D eigenvalue weighted by Crippen LogP contribution is 2.23. The summed E-state index contributed by atoms with van der Waals surface area (Å²) in [5.41, 5.74) is -3.04. The third-order valence-corrected chi connectivity index (χ3v) is 7.93. The number of carbonyl (C=O) groups is 2. The van der Waals surface area contributed by atoms with Gasteiger partial charge in [-0.1, -0.05) is 6.07 Å². The minimum absolute atomic E-state index is 0.0553. The molecule has 2 aromatic carbocycles. The molecule has 0 unspecified atom stereocenters. The van der Waals surface area contributed by atoms with Crippen LogP contribution in [0.5, 0.6) is 0 Å². The lowest BCUT2D eigenvalue weighted by Crippen LogP contribution is -2.41. The minimum atomic E-state index is -4.35. The Morgan fingerprint density at radius 2 is 1.52 bits per heavy atom. The van der Waals surface area contributed by atoms with Crippen LogP contribution in [0.3, 0.4) is 0 Å². The number of aryl methyl sites for hydroxylation is 2. The highest BCUT2D eigenvalue weighted by molar-refractivity contribution is 7.92. The quantitative estimate of drug-likeness (QED) is 0.156. The number of anilines is 1. The van der Waals surface area contributed by atoms with Gasteiger partial charge in [-0.3, -0.25) is 19.1 Å². The number of allylic oxidation sites excluding steroid dienone is 1. The number of para-hydroxylation sites is 1. The molecule has 0 radical (unpaired) electrons. The number of halogens is 3. The summed E-state index contributed by atoms with van der Waals surface area (Å²) in [6.45, 7) is 1.70. The third kappa shape index (κ3) is 6.61. The number of ketones is 2. The molecule has 2 N–H and O–H groups in total. The molecule has 19 heteroatoms. The van der Waals surface area contributed by atoms with Gasteiger partial charge in [0.05, 0.1) is 5.69 Å². The number of hydrogen-bond acceptors (Lipinski definition) is 11. The number of hydrogen-bond donors (Lipinski definition) is 2. The van der Waals surface area contributed by atoms with Crippen LogP contribution in [-0.4, -0.2) is 59.0 Å². The van der Waals surface area contributed by atoms with Crippen molar-refractivity contribution in [2.45, 2.75) is 31.3 Å². The molecule has 1 saturated carbocycles. The molecule has 0 spiro atoms. The van der Waals surface area contributed by atoms with E-state index in [2.05, 4.69) is 20.2 Å². The summed E-state index contributed by atoms with van der Waals surface area (Å²) in [6, 6.07) is 9.15. The molecule has 0 bridgehead atoms. The minimum Gasteiger partial charge on any atom is -0.505 e. The van der Waals surface area contributed by atoms with E-state index in [1.165, 1.54) is 25.4 Å². The van der Waals surface area contributed by atoms with Gasteiger partial charge in [0.25, 0.3) is 26.5 Å². The van der Waals surface area contributed by atoms with Crippen molar-refractivity contribution >= 4 is 38.8 Å². The first-order chi connectivity index (χ1) is 22.7. The molecule has 0 aliphatic heterocycles. The molecular weight excluding hydrogens is 661 g/mol. The fraction of sp³-hybridized carbons (Fsp3) is 0.172. The number of rotatable bonds is 5. The first-order valence-corrected chi connectivity index (χ1v) is 15.3. The lowest BCUT2D eigenvalue weighted by atomic mass is 9.91. The Bertz CT molecular complexity index is 2330. The topological polar surface area (TPSA) is 201 Å². The van der Waals surface area contributed by atoms with Crippen LogP contribution >= 0.6 is 0 Å². The van der Waals surface area contributed by atoms with Gasteiger partial charge >= 0.3 is 5.69 Å². The summed E-state index contributed by atoms with van der Waals surface area (Å²) in [4.78, 5) is 56.7. The maximum absolute atomic E-state index is 13.5. The van der Waals surface area contributed by atoms with Crippen molar-refractivity contribution in [3.8, 4) is 5.69 Å². The molecule has 1 aliphatic rings. The van der Waals surface area contributed by atoms with Crippen LogP contribution in [0.4, 0.5) is 18.9 Å². The Morgan fingerprint density at radius 1 is 0.896 bits per heavy atom. The van der Waals surface area contributed by atoms with E-state index in [1.54, 1.807) is 17.7 Å². The molecular formula is C29H23F3N8O7S. The first-order valence-electron chi connectivity index (χ1n) is 13.8. The van der Waals surface area contributed by atoms with Crippen LogP contribution in [0, 0.1) is 24.4 Å².